The number of rotatable bonds is 5. The van der Waals surface area contributed by atoms with Crippen LogP contribution in [0.15, 0.2) is 36.4 Å². The Labute approximate surface area is 141 Å². The molecule has 2 heterocycles. The van der Waals surface area contributed by atoms with Crippen LogP contribution in [-0.2, 0) is 4.79 Å². The summed E-state index contributed by atoms with van der Waals surface area (Å²) in [5.74, 6) is 1.18. The second-order valence-corrected chi connectivity index (χ2v) is 6.70. The van der Waals surface area contributed by atoms with Crippen molar-refractivity contribution in [2.45, 2.75) is 31.3 Å². The van der Waals surface area contributed by atoms with Crippen LogP contribution >= 0.6 is 0 Å². The highest BCUT2D eigenvalue weighted by molar-refractivity contribution is 5.91. The Morgan fingerprint density at radius 1 is 1.25 bits per heavy atom. The lowest BCUT2D eigenvalue weighted by Gasteiger charge is -2.15. The van der Waals surface area contributed by atoms with Gasteiger partial charge in [0.2, 0.25) is 5.91 Å². The standard InChI is InChI=1S/C18H22N4O2/c23-15-8-9-21(11-15)12-18(24)19-17-10-16(13-6-7-13)20-22(17)14-4-2-1-3-5-14/h1-5,10,13,15,23H,6-9,11-12H2,(H,19,24)/t15-/m0/s1. The van der Waals surface area contributed by atoms with Crippen molar-refractivity contribution in [3.63, 3.8) is 0 Å². The first kappa shape index (κ1) is 15.4. The molecular weight excluding hydrogens is 304 g/mol. The van der Waals surface area contributed by atoms with E-state index >= 15 is 0 Å². The maximum Gasteiger partial charge on any atom is 0.239 e. The SMILES string of the molecule is O=C(CN1CC[C@H](O)C1)Nc1cc(C2CC2)nn1-c1ccccc1. The Balaban J connectivity index is 1.52. The molecule has 24 heavy (non-hydrogen) atoms. The number of nitrogens with zero attached hydrogens (tertiary/aromatic N) is 3. The molecule has 0 unspecified atom stereocenters. The average Bonchev–Trinajstić information content (AvgIpc) is 3.23. The van der Waals surface area contributed by atoms with Crippen LogP contribution < -0.4 is 5.32 Å². The molecule has 2 aromatic rings. The van der Waals surface area contributed by atoms with Crippen LogP contribution in [0.5, 0.6) is 0 Å². The van der Waals surface area contributed by atoms with Crippen LogP contribution in [0.1, 0.15) is 30.9 Å². The van der Waals surface area contributed by atoms with Crippen LogP contribution in [0.4, 0.5) is 5.82 Å². The van der Waals surface area contributed by atoms with Crippen LogP contribution in [0.25, 0.3) is 5.69 Å². The Hall–Kier alpha value is -2.18. The molecule has 6 nitrogen and oxygen atoms in total. The van der Waals surface area contributed by atoms with Gasteiger partial charge < -0.3 is 10.4 Å². The summed E-state index contributed by atoms with van der Waals surface area (Å²) in [5.41, 5.74) is 1.99. The zero-order chi connectivity index (χ0) is 16.5. The van der Waals surface area contributed by atoms with E-state index in [4.69, 9.17) is 0 Å². The predicted molar refractivity (Wildman–Crippen MR) is 91.2 cm³/mol. The molecule has 6 heteroatoms. The third kappa shape index (κ3) is 3.34. The molecule has 1 aliphatic carbocycles. The van der Waals surface area contributed by atoms with Crippen molar-refractivity contribution in [1.29, 1.82) is 0 Å². The van der Waals surface area contributed by atoms with E-state index in [0.717, 1.165) is 24.3 Å². The van der Waals surface area contributed by atoms with E-state index in [2.05, 4.69) is 10.4 Å². The van der Waals surface area contributed by atoms with E-state index in [1.807, 2.05) is 46.0 Å². The lowest BCUT2D eigenvalue weighted by atomic mass is 10.3. The van der Waals surface area contributed by atoms with Gasteiger partial charge in [0, 0.05) is 25.1 Å². The molecule has 1 saturated heterocycles. The summed E-state index contributed by atoms with van der Waals surface area (Å²) in [6.07, 6.45) is 2.77. The molecule has 1 amide bonds. The Bertz CT molecular complexity index is 724. The molecule has 1 atom stereocenters. The Morgan fingerprint density at radius 3 is 2.71 bits per heavy atom. The minimum Gasteiger partial charge on any atom is -0.392 e. The summed E-state index contributed by atoms with van der Waals surface area (Å²) in [6.45, 7) is 1.63. The second-order valence-electron chi connectivity index (χ2n) is 6.70. The van der Waals surface area contributed by atoms with Gasteiger partial charge >= 0.3 is 0 Å². The molecule has 0 radical (unpaired) electrons. The number of benzene rings is 1. The van der Waals surface area contributed by atoms with E-state index in [1.165, 1.54) is 12.8 Å². The number of aromatic nitrogens is 2. The summed E-state index contributed by atoms with van der Waals surface area (Å²) < 4.78 is 1.81. The number of anilines is 1. The third-order valence-electron chi connectivity index (χ3n) is 4.61. The number of aliphatic hydroxyl groups is 1. The number of para-hydroxylation sites is 1. The van der Waals surface area contributed by atoms with Crippen molar-refractivity contribution >= 4 is 11.7 Å². The summed E-state index contributed by atoms with van der Waals surface area (Å²) in [4.78, 5) is 14.4. The first-order valence-corrected chi connectivity index (χ1v) is 8.55. The molecule has 4 rings (SSSR count). The average molecular weight is 326 g/mol. The third-order valence-corrected chi connectivity index (χ3v) is 4.61. The van der Waals surface area contributed by atoms with E-state index in [0.29, 0.717) is 24.8 Å². The van der Waals surface area contributed by atoms with Crippen molar-refractivity contribution in [2.75, 3.05) is 25.0 Å². The fraction of sp³-hybridized carbons (Fsp3) is 0.444. The van der Waals surface area contributed by atoms with Crippen molar-refractivity contribution in [1.82, 2.24) is 14.7 Å². The van der Waals surface area contributed by atoms with Crippen LogP contribution in [-0.4, -0.2) is 51.4 Å². The number of carbonyl (C=O) groups is 1. The molecule has 2 aliphatic rings. The number of hydrogen-bond acceptors (Lipinski definition) is 4. The summed E-state index contributed by atoms with van der Waals surface area (Å²) in [6, 6.07) is 11.8. The topological polar surface area (TPSA) is 70.4 Å². The summed E-state index contributed by atoms with van der Waals surface area (Å²) in [5, 5.41) is 17.3. The first-order chi connectivity index (χ1) is 11.7. The number of likely N-dealkylation sites (tertiary alicyclic amines) is 1. The highest BCUT2D eigenvalue weighted by atomic mass is 16.3. The molecule has 1 saturated carbocycles. The quantitative estimate of drug-likeness (QED) is 0.878. The number of aliphatic hydroxyl groups excluding tert-OH is 1. The molecule has 0 bridgehead atoms. The van der Waals surface area contributed by atoms with Gasteiger partial charge in [-0.3, -0.25) is 9.69 Å². The van der Waals surface area contributed by atoms with Gasteiger partial charge in [-0.1, -0.05) is 18.2 Å². The highest BCUT2D eigenvalue weighted by Gasteiger charge is 2.28. The highest BCUT2D eigenvalue weighted by Crippen LogP contribution is 2.40. The Morgan fingerprint density at radius 2 is 2.04 bits per heavy atom. The van der Waals surface area contributed by atoms with E-state index in [-0.39, 0.29) is 12.0 Å². The molecule has 126 valence electrons. The molecule has 1 aromatic carbocycles. The first-order valence-electron chi connectivity index (χ1n) is 8.55. The van der Waals surface area contributed by atoms with Gasteiger partial charge in [0.25, 0.3) is 0 Å². The number of amides is 1. The lowest BCUT2D eigenvalue weighted by molar-refractivity contribution is -0.117. The fourth-order valence-electron chi connectivity index (χ4n) is 3.17. The molecule has 2 fully saturated rings. The predicted octanol–water partition coefficient (Wildman–Crippen LogP) is 1.75. The molecule has 2 N–H and O–H groups in total. The van der Waals surface area contributed by atoms with Crippen molar-refractivity contribution < 1.29 is 9.90 Å². The van der Waals surface area contributed by atoms with Gasteiger partial charge in [0.1, 0.15) is 5.82 Å². The normalized spacial score (nSPS) is 21.1. The van der Waals surface area contributed by atoms with Gasteiger partial charge in [-0.05, 0) is 31.4 Å². The molecular formula is C18H22N4O2. The van der Waals surface area contributed by atoms with Crippen LogP contribution in [0.2, 0.25) is 0 Å². The number of hydrogen-bond donors (Lipinski definition) is 2. The molecule has 1 aliphatic heterocycles. The molecule has 0 spiro atoms. The van der Waals surface area contributed by atoms with Gasteiger partial charge in [-0.2, -0.15) is 5.10 Å². The maximum atomic E-state index is 12.4. The number of nitrogens with one attached hydrogen (secondary N) is 1. The summed E-state index contributed by atoms with van der Waals surface area (Å²) >= 11 is 0. The van der Waals surface area contributed by atoms with Crippen LogP contribution in [0, 0.1) is 0 Å². The van der Waals surface area contributed by atoms with Gasteiger partial charge in [0.15, 0.2) is 0 Å². The minimum absolute atomic E-state index is 0.0662. The minimum atomic E-state index is -0.311. The zero-order valence-corrected chi connectivity index (χ0v) is 13.6. The van der Waals surface area contributed by atoms with E-state index < -0.39 is 0 Å². The van der Waals surface area contributed by atoms with Crippen LogP contribution in [0.3, 0.4) is 0 Å². The number of β-amino-alcohol motifs (C(OH)–C–C–N with tert-alkyl or cyclic N) is 1. The van der Waals surface area contributed by atoms with Crippen molar-refractivity contribution in [3.8, 4) is 5.69 Å². The van der Waals surface area contributed by atoms with Crippen molar-refractivity contribution in [3.05, 3.63) is 42.1 Å². The fourth-order valence-corrected chi connectivity index (χ4v) is 3.17. The van der Waals surface area contributed by atoms with Gasteiger partial charge in [-0.25, -0.2) is 4.68 Å². The monoisotopic (exact) mass is 326 g/mol. The summed E-state index contributed by atoms with van der Waals surface area (Å²) in [7, 11) is 0. The van der Waals surface area contributed by atoms with Gasteiger partial charge in [0.05, 0.1) is 24.0 Å². The zero-order valence-electron chi connectivity index (χ0n) is 13.6. The number of carbonyl (C=O) groups excluding carboxylic acids is 1. The maximum absolute atomic E-state index is 12.4. The largest absolute Gasteiger partial charge is 0.392 e. The van der Waals surface area contributed by atoms with E-state index in [9.17, 15) is 9.90 Å². The van der Waals surface area contributed by atoms with Crippen molar-refractivity contribution in [2.24, 2.45) is 0 Å². The van der Waals surface area contributed by atoms with E-state index in [1.54, 1.807) is 0 Å². The van der Waals surface area contributed by atoms with Gasteiger partial charge in [-0.15, -0.1) is 0 Å². The molecule has 1 aromatic heterocycles. The Kier molecular flexibility index (Phi) is 4.08. The smallest absolute Gasteiger partial charge is 0.239 e. The second kappa shape index (κ2) is 6.37. The lowest BCUT2D eigenvalue weighted by Crippen LogP contribution is -2.32.